The second-order valence-electron chi connectivity index (χ2n) is 4.82. The molecule has 0 bridgehead atoms. The van der Waals surface area contributed by atoms with Crippen LogP contribution in [0.2, 0.25) is 0 Å². The minimum Gasteiger partial charge on any atom is -0.469 e. The molecule has 0 aromatic carbocycles. The summed E-state index contributed by atoms with van der Waals surface area (Å²) < 4.78 is 4.59. The monoisotopic (exact) mass is 241 g/mol. The number of carbonyl (C=O) groups excluding carboxylic acids is 1. The molecule has 0 spiro atoms. The van der Waals surface area contributed by atoms with Crippen molar-refractivity contribution < 1.29 is 9.53 Å². The van der Waals surface area contributed by atoms with Crippen molar-refractivity contribution in [2.24, 2.45) is 0 Å². The van der Waals surface area contributed by atoms with Gasteiger partial charge in [-0.25, -0.2) is 4.98 Å². The van der Waals surface area contributed by atoms with Gasteiger partial charge in [-0.05, 0) is 12.8 Å². The van der Waals surface area contributed by atoms with Gasteiger partial charge in [0.2, 0.25) is 0 Å². The van der Waals surface area contributed by atoms with Crippen LogP contribution in [0.25, 0.3) is 0 Å². The fourth-order valence-corrected chi connectivity index (χ4v) is 2.22. The van der Waals surface area contributed by atoms with E-state index in [1.165, 1.54) is 7.11 Å². The van der Waals surface area contributed by atoms with Crippen LogP contribution in [0.5, 0.6) is 0 Å². The molecule has 1 aromatic heterocycles. The van der Waals surface area contributed by atoms with E-state index in [4.69, 9.17) is 0 Å². The van der Waals surface area contributed by atoms with Gasteiger partial charge in [-0.1, -0.05) is 20.8 Å². The number of aryl methyl sites for hydroxylation is 1. The van der Waals surface area contributed by atoms with Crippen LogP contribution in [0.1, 0.15) is 44.3 Å². The van der Waals surface area contributed by atoms with Crippen molar-refractivity contribution >= 4 is 17.3 Å². The summed E-state index contributed by atoms with van der Waals surface area (Å²) in [7, 11) is 1.42. The molecule has 0 aliphatic heterocycles. The Labute approximate surface area is 101 Å². The zero-order valence-corrected chi connectivity index (χ0v) is 11.2. The molecule has 0 saturated heterocycles. The topological polar surface area (TPSA) is 39.2 Å². The molecular formula is C12H19NO2S. The highest BCUT2D eigenvalue weighted by Gasteiger charge is 2.17. The van der Waals surface area contributed by atoms with Gasteiger partial charge in [0, 0.05) is 17.2 Å². The van der Waals surface area contributed by atoms with E-state index in [2.05, 4.69) is 35.9 Å². The third-order valence-electron chi connectivity index (χ3n) is 2.23. The summed E-state index contributed by atoms with van der Waals surface area (Å²) in [6.07, 6.45) is 2.13. The number of thiazole rings is 1. The van der Waals surface area contributed by atoms with E-state index in [1.54, 1.807) is 11.3 Å². The summed E-state index contributed by atoms with van der Waals surface area (Å²) >= 11 is 1.69. The van der Waals surface area contributed by atoms with Crippen molar-refractivity contribution in [3.8, 4) is 0 Å². The number of hydrogen-bond donors (Lipinski definition) is 0. The van der Waals surface area contributed by atoms with Crippen LogP contribution in [-0.4, -0.2) is 18.1 Å². The van der Waals surface area contributed by atoms with Crippen LogP contribution < -0.4 is 0 Å². The van der Waals surface area contributed by atoms with Crippen LogP contribution in [-0.2, 0) is 21.4 Å². The molecule has 4 heteroatoms. The predicted octanol–water partition coefficient (Wildman–Crippen LogP) is 2.94. The third kappa shape index (κ3) is 3.93. The molecule has 1 aromatic rings. The number of aromatic nitrogens is 1. The molecular weight excluding hydrogens is 222 g/mol. The Kier molecular flexibility index (Phi) is 4.47. The SMILES string of the molecule is COC(=O)CCCc1csc(C(C)(C)C)n1. The van der Waals surface area contributed by atoms with Crippen molar-refractivity contribution in [3.05, 3.63) is 16.1 Å². The molecule has 0 N–H and O–H groups in total. The maximum Gasteiger partial charge on any atom is 0.305 e. The van der Waals surface area contributed by atoms with Crippen LogP contribution in [0.3, 0.4) is 0 Å². The lowest BCUT2D eigenvalue weighted by molar-refractivity contribution is -0.140. The highest BCUT2D eigenvalue weighted by Crippen LogP contribution is 2.25. The molecule has 0 aliphatic rings. The molecule has 0 fully saturated rings. The summed E-state index contributed by atoms with van der Waals surface area (Å²) in [5.74, 6) is -0.147. The number of rotatable bonds is 4. The fourth-order valence-electron chi connectivity index (χ4n) is 1.28. The van der Waals surface area contributed by atoms with Crippen molar-refractivity contribution in [2.75, 3.05) is 7.11 Å². The van der Waals surface area contributed by atoms with Gasteiger partial charge in [0.25, 0.3) is 0 Å². The molecule has 0 saturated carbocycles. The maximum absolute atomic E-state index is 10.9. The lowest BCUT2D eigenvalue weighted by atomic mass is 9.98. The van der Waals surface area contributed by atoms with Crippen molar-refractivity contribution in [2.45, 2.75) is 45.4 Å². The van der Waals surface area contributed by atoms with Crippen LogP contribution in [0, 0.1) is 0 Å². The Morgan fingerprint density at radius 1 is 1.50 bits per heavy atom. The Morgan fingerprint density at radius 3 is 2.69 bits per heavy atom. The lowest BCUT2D eigenvalue weighted by Crippen LogP contribution is -2.10. The van der Waals surface area contributed by atoms with E-state index in [0.717, 1.165) is 23.5 Å². The van der Waals surface area contributed by atoms with Crippen molar-refractivity contribution in [1.29, 1.82) is 0 Å². The van der Waals surface area contributed by atoms with Gasteiger partial charge in [0.05, 0.1) is 17.8 Å². The van der Waals surface area contributed by atoms with Gasteiger partial charge in [-0.3, -0.25) is 4.79 Å². The van der Waals surface area contributed by atoms with Gasteiger partial charge in [-0.2, -0.15) is 0 Å². The van der Waals surface area contributed by atoms with E-state index < -0.39 is 0 Å². The van der Waals surface area contributed by atoms with Gasteiger partial charge in [0.15, 0.2) is 0 Å². The van der Waals surface area contributed by atoms with E-state index in [-0.39, 0.29) is 11.4 Å². The summed E-state index contributed by atoms with van der Waals surface area (Å²) in [5.41, 5.74) is 1.20. The zero-order chi connectivity index (χ0) is 12.2. The van der Waals surface area contributed by atoms with Crippen molar-refractivity contribution in [3.63, 3.8) is 0 Å². The number of nitrogens with zero attached hydrogens (tertiary/aromatic N) is 1. The van der Waals surface area contributed by atoms with Crippen LogP contribution >= 0.6 is 11.3 Å². The number of carbonyl (C=O) groups is 1. The quantitative estimate of drug-likeness (QED) is 0.761. The third-order valence-corrected chi connectivity index (χ3v) is 3.55. The highest BCUT2D eigenvalue weighted by molar-refractivity contribution is 7.09. The summed E-state index contributed by atoms with van der Waals surface area (Å²) in [6.45, 7) is 6.47. The second kappa shape index (κ2) is 5.43. The average molecular weight is 241 g/mol. The number of methoxy groups -OCH3 is 1. The second-order valence-corrected chi connectivity index (χ2v) is 5.68. The van der Waals surface area contributed by atoms with Crippen molar-refractivity contribution in [1.82, 2.24) is 4.98 Å². The zero-order valence-electron chi connectivity index (χ0n) is 10.4. The molecule has 1 rings (SSSR count). The summed E-state index contributed by atoms with van der Waals surface area (Å²) in [6, 6.07) is 0. The molecule has 0 atom stereocenters. The Morgan fingerprint density at radius 2 is 2.19 bits per heavy atom. The lowest BCUT2D eigenvalue weighted by Gasteiger charge is -2.13. The standard InChI is InChI=1S/C12H19NO2S/c1-12(2,3)11-13-9(8-16-11)6-5-7-10(14)15-4/h8H,5-7H2,1-4H3. The average Bonchev–Trinajstić information content (AvgIpc) is 2.65. The van der Waals surface area contributed by atoms with E-state index in [1.807, 2.05) is 0 Å². The van der Waals surface area contributed by atoms with Gasteiger partial charge < -0.3 is 4.74 Å². The van der Waals surface area contributed by atoms with E-state index in [9.17, 15) is 4.79 Å². The summed E-state index contributed by atoms with van der Waals surface area (Å²) in [4.78, 5) is 15.5. The number of hydrogen-bond acceptors (Lipinski definition) is 4. The normalized spacial score (nSPS) is 11.5. The van der Waals surface area contributed by atoms with E-state index in [0.29, 0.717) is 6.42 Å². The Hall–Kier alpha value is -0.900. The van der Waals surface area contributed by atoms with E-state index >= 15 is 0 Å². The molecule has 1 heterocycles. The first-order chi connectivity index (χ1) is 7.43. The van der Waals surface area contributed by atoms with Crippen LogP contribution in [0.15, 0.2) is 5.38 Å². The molecule has 3 nitrogen and oxygen atoms in total. The minimum atomic E-state index is -0.147. The van der Waals surface area contributed by atoms with Gasteiger partial charge in [0.1, 0.15) is 0 Å². The minimum absolute atomic E-state index is 0.116. The largest absolute Gasteiger partial charge is 0.469 e. The first-order valence-corrected chi connectivity index (χ1v) is 6.33. The first-order valence-electron chi connectivity index (χ1n) is 5.45. The maximum atomic E-state index is 10.9. The smallest absolute Gasteiger partial charge is 0.305 e. The molecule has 90 valence electrons. The highest BCUT2D eigenvalue weighted by atomic mass is 32.1. The first kappa shape index (κ1) is 13.2. The Bertz CT molecular complexity index is 352. The molecule has 0 aliphatic carbocycles. The molecule has 16 heavy (non-hydrogen) atoms. The fraction of sp³-hybridized carbons (Fsp3) is 0.667. The van der Waals surface area contributed by atoms with Gasteiger partial charge in [-0.15, -0.1) is 11.3 Å². The molecule has 0 radical (unpaired) electrons. The predicted molar refractivity (Wildman–Crippen MR) is 65.8 cm³/mol. The van der Waals surface area contributed by atoms with Crippen LogP contribution in [0.4, 0.5) is 0 Å². The molecule has 0 amide bonds. The number of ether oxygens (including phenoxy) is 1. The van der Waals surface area contributed by atoms with Gasteiger partial charge >= 0.3 is 5.97 Å². The Balaban J connectivity index is 2.44. The summed E-state index contributed by atoms with van der Waals surface area (Å²) in [5, 5.41) is 3.23. The number of esters is 1. The molecule has 0 unspecified atom stereocenters.